The highest BCUT2D eigenvalue weighted by Crippen LogP contribution is 2.26. The fourth-order valence-corrected chi connectivity index (χ4v) is 2.15. The number of nitrogens with one attached hydrogen (secondary N) is 1. The third-order valence-corrected chi connectivity index (χ3v) is 3.36. The number of benzene rings is 1. The van der Waals surface area contributed by atoms with Gasteiger partial charge in [0.1, 0.15) is 5.69 Å². The highest BCUT2D eigenvalue weighted by molar-refractivity contribution is 5.31. The number of methoxy groups -OCH3 is 2. The van der Waals surface area contributed by atoms with Gasteiger partial charge in [-0.3, -0.25) is 11.3 Å². The van der Waals surface area contributed by atoms with E-state index in [1.54, 1.807) is 13.3 Å². The molecule has 0 aliphatic rings. The van der Waals surface area contributed by atoms with Crippen LogP contribution in [0.25, 0.3) is 0 Å². The molecule has 1 unspecified atom stereocenters. The van der Waals surface area contributed by atoms with E-state index in [2.05, 4.69) is 34.5 Å². The highest BCUT2D eigenvalue weighted by Gasteiger charge is 2.20. The molecule has 0 aliphatic carbocycles. The number of hydrogen-bond donors (Lipinski definition) is 2. The molecule has 0 saturated carbocycles. The van der Waals surface area contributed by atoms with Crippen LogP contribution in [0.3, 0.4) is 0 Å². The van der Waals surface area contributed by atoms with Crippen LogP contribution in [0.5, 0.6) is 11.8 Å². The van der Waals surface area contributed by atoms with Crippen LogP contribution in [-0.4, -0.2) is 24.2 Å². The number of ether oxygens (including phenoxy) is 2. The van der Waals surface area contributed by atoms with Crippen LogP contribution in [0.1, 0.15) is 22.9 Å². The van der Waals surface area contributed by atoms with Crippen molar-refractivity contribution in [2.75, 3.05) is 14.2 Å². The molecule has 0 bridgehead atoms. The van der Waals surface area contributed by atoms with Crippen LogP contribution in [0.4, 0.5) is 0 Å². The molecule has 0 amide bonds. The summed E-state index contributed by atoms with van der Waals surface area (Å²) in [6.45, 7) is 2.07. The number of rotatable bonds is 6. The Hall–Kier alpha value is -2.18. The fraction of sp³-hybridized carbons (Fsp3) is 0.333. The fourth-order valence-electron chi connectivity index (χ4n) is 2.15. The van der Waals surface area contributed by atoms with Gasteiger partial charge in [0.15, 0.2) is 0 Å². The number of hydrazine groups is 1. The lowest BCUT2D eigenvalue weighted by Gasteiger charge is -2.18. The molecule has 0 radical (unpaired) electrons. The van der Waals surface area contributed by atoms with Gasteiger partial charge in [-0.05, 0) is 24.5 Å². The van der Waals surface area contributed by atoms with Gasteiger partial charge < -0.3 is 9.47 Å². The van der Waals surface area contributed by atoms with Crippen molar-refractivity contribution in [3.05, 3.63) is 47.3 Å². The Morgan fingerprint density at radius 1 is 1.24 bits per heavy atom. The number of aromatic nitrogens is 2. The van der Waals surface area contributed by atoms with E-state index in [1.165, 1.54) is 18.2 Å². The van der Waals surface area contributed by atoms with Gasteiger partial charge in [0.05, 0.1) is 26.5 Å². The van der Waals surface area contributed by atoms with Gasteiger partial charge in [0.2, 0.25) is 11.8 Å². The Morgan fingerprint density at radius 3 is 2.62 bits per heavy atom. The second-order valence-corrected chi connectivity index (χ2v) is 4.66. The van der Waals surface area contributed by atoms with E-state index in [0.29, 0.717) is 23.9 Å². The molecule has 0 spiro atoms. The first-order valence-electron chi connectivity index (χ1n) is 6.65. The van der Waals surface area contributed by atoms with Crippen molar-refractivity contribution < 1.29 is 9.47 Å². The van der Waals surface area contributed by atoms with Crippen LogP contribution < -0.4 is 20.7 Å². The minimum Gasteiger partial charge on any atom is -0.480 e. The molecule has 0 aliphatic heterocycles. The summed E-state index contributed by atoms with van der Waals surface area (Å²) in [6.07, 6.45) is 2.25. The molecule has 112 valence electrons. The maximum atomic E-state index is 5.69. The zero-order chi connectivity index (χ0) is 15.2. The maximum absolute atomic E-state index is 5.69. The summed E-state index contributed by atoms with van der Waals surface area (Å²) in [6, 6.07) is 7.97. The number of nitrogens with two attached hydrogens (primary N) is 1. The van der Waals surface area contributed by atoms with Crippen LogP contribution in [0.2, 0.25) is 0 Å². The highest BCUT2D eigenvalue weighted by atomic mass is 16.5. The van der Waals surface area contributed by atoms with Crippen molar-refractivity contribution in [2.24, 2.45) is 5.84 Å². The average molecular weight is 288 g/mol. The number of nitrogens with zero attached hydrogens (tertiary/aromatic N) is 2. The monoisotopic (exact) mass is 288 g/mol. The van der Waals surface area contributed by atoms with Crippen molar-refractivity contribution >= 4 is 0 Å². The van der Waals surface area contributed by atoms with Gasteiger partial charge >= 0.3 is 0 Å². The zero-order valence-corrected chi connectivity index (χ0v) is 12.5. The van der Waals surface area contributed by atoms with E-state index in [9.17, 15) is 0 Å². The van der Waals surface area contributed by atoms with Crippen molar-refractivity contribution in [3.8, 4) is 11.8 Å². The predicted molar refractivity (Wildman–Crippen MR) is 80.1 cm³/mol. The number of aryl methyl sites for hydroxylation is 1. The summed E-state index contributed by atoms with van der Waals surface area (Å²) in [5.41, 5.74) is 5.84. The van der Waals surface area contributed by atoms with Gasteiger partial charge in [-0.15, -0.1) is 0 Å². The minimum atomic E-state index is -0.195. The zero-order valence-electron chi connectivity index (χ0n) is 12.5. The topological polar surface area (TPSA) is 82.3 Å². The van der Waals surface area contributed by atoms with Gasteiger partial charge in [0.25, 0.3) is 0 Å². The lowest BCUT2D eigenvalue weighted by atomic mass is 9.99. The summed E-state index contributed by atoms with van der Waals surface area (Å²) >= 11 is 0. The molecule has 21 heavy (non-hydrogen) atoms. The summed E-state index contributed by atoms with van der Waals surface area (Å²) in [4.78, 5) is 8.60. The molecule has 0 fully saturated rings. The summed E-state index contributed by atoms with van der Waals surface area (Å²) in [7, 11) is 3.09. The van der Waals surface area contributed by atoms with Gasteiger partial charge in [-0.2, -0.15) is 4.98 Å². The Labute approximate surface area is 124 Å². The van der Waals surface area contributed by atoms with E-state index in [0.717, 1.165) is 0 Å². The van der Waals surface area contributed by atoms with Crippen molar-refractivity contribution in [2.45, 2.75) is 19.4 Å². The van der Waals surface area contributed by atoms with Crippen LogP contribution in [0, 0.1) is 6.92 Å². The first-order chi connectivity index (χ1) is 10.2. The van der Waals surface area contributed by atoms with Crippen LogP contribution >= 0.6 is 0 Å². The Bertz CT molecular complexity index is 604. The molecule has 1 aromatic heterocycles. The second kappa shape index (κ2) is 7.01. The smallest absolute Gasteiger partial charge is 0.240 e. The Kier molecular flexibility index (Phi) is 5.08. The largest absolute Gasteiger partial charge is 0.480 e. The second-order valence-electron chi connectivity index (χ2n) is 4.66. The van der Waals surface area contributed by atoms with Crippen molar-refractivity contribution in [1.29, 1.82) is 0 Å². The van der Waals surface area contributed by atoms with E-state index in [-0.39, 0.29) is 6.04 Å². The Morgan fingerprint density at radius 2 is 2.00 bits per heavy atom. The molecule has 2 rings (SSSR count). The van der Waals surface area contributed by atoms with Gasteiger partial charge in [0, 0.05) is 0 Å². The standard InChI is InChI=1S/C15H20N4O2/c1-10-6-4-5-7-11(10)8-12(19-16)14-15(21-3)18-13(20-2)9-17-14/h4-7,9,12,19H,8,16H2,1-3H3. The normalized spacial score (nSPS) is 12.0. The van der Waals surface area contributed by atoms with E-state index >= 15 is 0 Å². The average Bonchev–Trinajstić information content (AvgIpc) is 2.53. The van der Waals surface area contributed by atoms with E-state index in [4.69, 9.17) is 15.3 Å². The molecule has 6 nitrogen and oxygen atoms in total. The van der Waals surface area contributed by atoms with Gasteiger partial charge in [-0.1, -0.05) is 24.3 Å². The first kappa shape index (κ1) is 15.2. The third-order valence-electron chi connectivity index (χ3n) is 3.36. The van der Waals surface area contributed by atoms with E-state index < -0.39 is 0 Å². The van der Waals surface area contributed by atoms with Crippen LogP contribution in [0.15, 0.2) is 30.5 Å². The molecule has 1 heterocycles. The molecule has 0 saturated heterocycles. The van der Waals surface area contributed by atoms with Crippen molar-refractivity contribution in [3.63, 3.8) is 0 Å². The third kappa shape index (κ3) is 3.48. The molecule has 3 N–H and O–H groups in total. The molecule has 1 aromatic carbocycles. The lowest BCUT2D eigenvalue weighted by Crippen LogP contribution is -2.31. The molecular formula is C15H20N4O2. The Balaban J connectivity index is 2.31. The van der Waals surface area contributed by atoms with E-state index in [1.807, 2.05) is 12.1 Å². The van der Waals surface area contributed by atoms with Gasteiger partial charge in [-0.25, -0.2) is 4.98 Å². The quantitative estimate of drug-likeness (QED) is 0.620. The van der Waals surface area contributed by atoms with Crippen LogP contribution in [-0.2, 0) is 6.42 Å². The summed E-state index contributed by atoms with van der Waals surface area (Å²) in [5, 5.41) is 0. The number of hydrogen-bond acceptors (Lipinski definition) is 6. The predicted octanol–water partition coefficient (Wildman–Crippen LogP) is 1.55. The minimum absolute atomic E-state index is 0.195. The SMILES string of the molecule is COc1cnc(C(Cc2ccccc2C)NN)c(OC)n1. The molecule has 2 aromatic rings. The summed E-state index contributed by atoms with van der Waals surface area (Å²) in [5.74, 6) is 6.51. The summed E-state index contributed by atoms with van der Waals surface area (Å²) < 4.78 is 10.3. The molecule has 6 heteroatoms. The molecular weight excluding hydrogens is 268 g/mol. The lowest BCUT2D eigenvalue weighted by molar-refractivity contribution is 0.349. The molecule has 1 atom stereocenters. The van der Waals surface area contributed by atoms with Crippen molar-refractivity contribution in [1.82, 2.24) is 15.4 Å². The maximum Gasteiger partial charge on any atom is 0.240 e. The first-order valence-corrected chi connectivity index (χ1v) is 6.65.